The Kier molecular flexibility index (Phi) is 36.6. The Morgan fingerprint density at radius 2 is 1.10 bits per heavy atom. The number of carboxylic acid groups (broad SMARTS) is 2. The van der Waals surface area contributed by atoms with E-state index in [9.17, 15) is 0 Å². The van der Waals surface area contributed by atoms with Gasteiger partial charge in [-0.05, 0) is 0 Å². The molecule has 0 aromatic heterocycles. The maximum atomic E-state index is 9.00. The van der Waals surface area contributed by atoms with Gasteiger partial charge in [-0.1, -0.05) is 0 Å². The molecule has 0 saturated heterocycles. The van der Waals surface area contributed by atoms with Crippen molar-refractivity contribution < 1.29 is 22.7 Å². The summed E-state index contributed by atoms with van der Waals surface area (Å²) in [5.41, 5.74) is 0. The number of rotatable bonds is 0. The van der Waals surface area contributed by atoms with Crippen LogP contribution in [-0.4, -0.2) is 72.5 Å². The number of aliphatic carboxylic acids is 2. The third kappa shape index (κ3) is 1270. The van der Waals surface area contributed by atoms with Crippen LogP contribution < -0.4 is 0 Å². The third-order valence-corrected chi connectivity index (χ3v) is 0. The zero-order chi connectivity index (χ0) is 7.15. The molecule has 0 heterocycles. The molecule has 2 N–H and O–H groups in total. The number of hydrogen-bond acceptors (Lipinski definition) is 2. The van der Waals surface area contributed by atoms with E-state index < -0.39 is 11.9 Å². The van der Waals surface area contributed by atoms with E-state index in [0.717, 1.165) is 13.8 Å². The predicted octanol–water partition coefficient (Wildman–Crippen LogP) is -0.890. The second kappa shape index (κ2) is 16.3. The molecule has 0 aromatic rings. The summed E-state index contributed by atoms with van der Waals surface area (Å²) in [6, 6.07) is 0. The first-order chi connectivity index (χ1) is 3.46. The topological polar surface area (TPSA) is 74.6 Å². The van der Waals surface area contributed by atoms with Gasteiger partial charge in [0.05, 0.1) is 0 Å². The molecule has 0 aliphatic carbocycles. The van der Waals surface area contributed by atoms with Crippen LogP contribution in [-0.2, 0) is 9.59 Å². The second-order valence-electron chi connectivity index (χ2n) is 1.04. The van der Waals surface area contributed by atoms with E-state index in [2.05, 4.69) is 0 Å². The molecule has 0 aliphatic heterocycles. The fourth-order valence-corrected chi connectivity index (χ4v) is 0. The van der Waals surface area contributed by atoms with E-state index in [-0.39, 0.29) is 53.2 Å². The Balaban J connectivity index is -0.0000000112. The summed E-state index contributed by atoms with van der Waals surface area (Å²) in [7, 11) is 0. The van der Waals surface area contributed by atoms with Crippen molar-refractivity contribution >= 4 is 62.3 Å². The Morgan fingerprint density at radius 1 is 1.10 bits per heavy atom. The van der Waals surface area contributed by atoms with Crippen LogP contribution in [0.25, 0.3) is 0 Å². The Hall–Kier alpha value is 0.628. The summed E-state index contributed by atoms with van der Waals surface area (Å²) in [5.74, 6) is -1.67. The van der Waals surface area contributed by atoms with E-state index in [1.165, 1.54) is 0 Å². The van der Waals surface area contributed by atoms with Crippen molar-refractivity contribution in [3.05, 3.63) is 0 Å². The molecule has 0 bridgehead atoms. The van der Waals surface area contributed by atoms with Gasteiger partial charge in [-0.25, -0.2) is 0 Å². The predicted molar refractivity (Wildman–Crippen MR) is 43.1 cm³/mol. The first-order valence-electron chi connectivity index (χ1n) is 1.86. The fraction of sp³-hybridized carbons (Fsp3) is 0.500. The maximum absolute atomic E-state index is 9.00. The van der Waals surface area contributed by atoms with Crippen LogP contribution in [0.15, 0.2) is 0 Å². The average Bonchev–Trinajstić information content (AvgIpc) is 1.25. The number of carbonyl (C=O) groups is 2. The normalized spacial score (nSPS) is 5.00. The molecule has 10 heavy (non-hydrogen) atoms. The zero-order valence-electron chi connectivity index (χ0n) is 8.13. The van der Waals surface area contributed by atoms with Gasteiger partial charge in [0.2, 0.25) is 0 Å². The van der Waals surface area contributed by atoms with Gasteiger partial charge in [0.25, 0.3) is 11.9 Å². The van der Waals surface area contributed by atoms with Crippen LogP contribution in [0.2, 0.25) is 0 Å². The monoisotopic (exact) mass is 356 g/mol. The molecule has 2 radical (unpaired) electrons. The van der Waals surface area contributed by atoms with E-state index >= 15 is 0 Å². The number of hydrogen-bond donors (Lipinski definition) is 2. The molecular weight excluding hydrogens is 344 g/mol. The Morgan fingerprint density at radius 3 is 1.10 bits per heavy atom. The molecule has 58 valence electrons. The van der Waals surface area contributed by atoms with E-state index in [1.54, 1.807) is 0 Å². The summed E-state index contributed by atoms with van der Waals surface area (Å²) in [6.45, 7) is 2.17. The third-order valence-electron chi connectivity index (χ3n) is 0. The van der Waals surface area contributed by atoms with Gasteiger partial charge in [-0.2, -0.15) is 0 Å². The first-order valence-corrected chi connectivity index (χ1v) is 1.86. The van der Waals surface area contributed by atoms with E-state index in [1.807, 2.05) is 0 Å². The van der Waals surface area contributed by atoms with Crippen molar-refractivity contribution in [2.45, 2.75) is 13.8 Å². The van der Waals surface area contributed by atoms with Gasteiger partial charge in [0.15, 0.2) is 0 Å². The molecule has 0 atom stereocenters. The van der Waals surface area contributed by atoms with Crippen LogP contribution in [0.4, 0.5) is 0 Å². The van der Waals surface area contributed by atoms with Crippen LogP contribution in [0, 0.1) is 0 Å². The van der Waals surface area contributed by atoms with Gasteiger partial charge in [-0.3, -0.25) is 9.59 Å². The summed E-state index contributed by atoms with van der Waals surface area (Å²) in [5, 5.41) is 14.8. The quantitative estimate of drug-likeness (QED) is 0.553. The van der Waals surface area contributed by atoms with Crippen LogP contribution in [0.1, 0.15) is 16.7 Å². The van der Waals surface area contributed by atoms with Crippen molar-refractivity contribution in [3.63, 3.8) is 0 Å². The van der Waals surface area contributed by atoms with Gasteiger partial charge >= 0.3 is 50.4 Å². The van der Waals surface area contributed by atoms with Crippen molar-refractivity contribution in [2.24, 2.45) is 0 Å². The van der Waals surface area contributed by atoms with Crippen molar-refractivity contribution in [1.29, 1.82) is 0 Å². The van der Waals surface area contributed by atoms with Gasteiger partial charge < -0.3 is 13.1 Å². The zero-order valence-corrected chi connectivity index (χ0v) is 13.0. The first kappa shape index (κ1) is 22.4. The van der Waals surface area contributed by atoms with Crippen molar-refractivity contribution in [2.75, 3.05) is 0 Å². The van der Waals surface area contributed by atoms with E-state index in [0.29, 0.717) is 0 Å². The van der Waals surface area contributed by atoms with Gasteiger partial charge in [0.1, 0.15) is 0 Å². The molecule has 6 heteroatoms. The Labute approximate surface area is 98.3 Å². The molecule has 0 saturated carbocycles. The average molecular weight is 356 g/mol. The van der Waals surface area contributed by atoms with Gasteiger partial charge in [0, 0.05) is 13.8 Å². The Bertz CT molecular complexity index is 83.1. The SMILES string of the molecule is CC(=O)O.CC(=O)O.[H-].[H-].[Mg+2].[PbH2]. The summed E-state index contributed by atoms with van der Waals surface area (Å²) < 4.78 is 0. The molecule has 0 unspecified atom stereocenters. The minimum absolute atomic E-state index is 0. The van der Waals surface area contributed by atoms with Crippen LogP contribution in [0.5, 0.6) is 0 Å². The summed E-state index contributed by atoms with van der Waals surface area (Å²) in [4.78, 5) is 18.0. The van der Waals surface area contributed by atoms with Crippen LogP contribution >= 0.6 is 0 Å². The molecule has 0 rings (SSSR count). The molecule has 0 aliphatic rings. The van der Waals surface area contributed by atoms with E-state index in [4.69, 9.17) is 19.8 Å². The molecule has 0 spiro atoms. The summed E-state index contributed by atoms with van der Waals surface area (Å²) in [6.07, 6.45) is 0. The molecule has 0 fully saturated rings. The van der Waals surface area contributed by atoms with Crippen LogP contribution in [0.3, 0.4) is 0 Å². The molecule has 4 nitrogen and oxygen atoms in total. The van der Waals surface area contributed by atoms with Gasteiger partial charge in [-0.15, -0.1) is 0 Å². The van der Waals surface area contributed by atoms with Crippen molar-refractivity contribution in [1.82, 2.24) is 0 Å². The molecular formula is C4H12MgO4Pb. The standard InChI is InChI=1S/2C2H4O2.Mg.Pb.4H/c2*1-2(3)4;;;;;;/h2*1H3,(H,3,4);;;;;;/q;;+2;;;;2*-1. The minimum atomic E-state index is -0.833. The number of carboxylic acids is 2. The van der Waals surface area contributed by atoms with Crippen molar-refractivity contribution in [3.8, 4) is 0 Å². The summed E-state index contributed by atoms with van der Waals surface area (Å²) >= 11 is 0. The molecule has 0 aromatic carbocycles. The second-order valence-corrected chi connectivity index (χ2v) is 1.04. The molecule has 0 amide bonds. The fourth-order valence-electron chi connectivity index (χ4n) is 0.